The molecule has 8 heteroatoms. The van der Waals surface area contributed by atoms with Gasteiger partial charge in [0.2, 0.25) is 0 Å². The SMILES string of the molecule is COc1cccc(Nc2ccc(NS(=O)(=O)c3cccs3)nc2)c1. The number of nitrogens with one attached hydrogen (secondary N) is 2. The standard InChI is InChI=1S/C16H15N3O3S2/c1-22-14-5-2-4-12(10-14)18-13-7-8-15(17-11-13)19-24(20,21)16-6-3-9-23-16/h2-11,18H,1H3,(H,17,19). The van der Waals surface area contributed by atoms with Crippen LogP contribution in [0, 0.1) is 0 Å². The lowest BCUT2D eigenvalue weighted by atomic mass is 10.3. The minimum atomic E-state index is -3.58. The third-order valence-corrected chi connectivity index (χ3v) is 5.87. The van der Waals surface area contributed by atoms with Crippen molar-refractivity contribution in [3.63, 3.8) is 0 Å². The third kappa shape index (κ3) is 3.84. The van der Waals surface area contributed by atoms with E-state index in [9.17, 15) is 8.42 Å². The van der Waals surface area contributed by atoms with Crippen molar-refractivity contribution >= 4 is 38.6 Å². The van der Waals surface area contributed by atoms with Gasteiger partial charge in [-0.15, -0.1) is 11.3 Å². The van der Waals surface area contributed by atoms with E-state index >= 15 is 0 Å². The second-order valence-corrected chi connectivity index (χ2v) is 7.68. The summed E-state index contributed by atoms with van der Waals surface area (Å²) in [7, 11) is -1.98. The molecule has 0 amide bonds. The average Bonchev–Trinajstić information content (AvgIpc) is 3.12. The summed E-state index contributed by atoms with van der Waals surface area (Å²) in [6, 6.07) is 14.1. The summed E-state index contributed by atoms with van der Waals surface area (Å²) in [5.74, 6) is 1.01. The number of rotatable bonds is 6. The Morgan fingerprint density at radius 2 is 1.96 bits per heavy atom. The number of methoxy groups -OCH3 is 1. The summed E-state index contributed by atoms with van der Waals surface area (Å²) < 4.78 is 32.2. The molecule has 0 saturated heterocycles. The third-order valence-electron chi connectivity index (χ3n) is 3.12. The Morgan fingerprint density at radius 3 is 2.62 bits per heavy atom. The molecule has 6 nitrogen and oxygen atoms in total. The summed E-state index contributed by atoms with van der Waals surface area (Å²) in [5.41, 5.74) is 1.59. The average molecular weight is 361 g/mol. The molecule has 0 spiro atoms. The smallest absolute Gasteiger partial charge is 0.272 e. The van der Waals surface area contributed by atoms with Gasteiger partial charge in [0.1, 0.15) is 15.8 Å². The van der Waals surface area contributed by atoms with Crippen molar-refractivity contribution in [3.8, 4) is 5.75 Å². The Balaban J connectivity index is 1.71. The maximum atomic E-state index is 12.1. The van der Waals surface area contributed by atoms with Gasteiger partial charge in [-0.25, -0.2) is 13.4 Å². The lowest BCUT2D eigenvalue weighted by Crippen LogP contribution is -2.12. The first-order valence-electron chi connectivity index (χ1n) is 7.00. The molecule has 124 valence electrons. The number of hydrogen-bond acceptors (Lipinski definition) is 6. The predicted octanol–water partition coefficient (Wildman–Crippen LogP) is 3.70. The molecule has 24 heavy (non-hydrogen) atoms. The van der Waals surface area contributed by atoms with Gasteiger partial charge >= 0.3 is 0 Å². The predicted molar refractivity (Wildman–Crippen MR) is 95.6 cm³/mol. The first-order chi connectivity index (χ1) is 11.6. The van der Waals surface area contributed by atoms with E-state index in [-0.39, 0.29) is 10.0 Å². The quantitative estimate of drug-likeness (QED) is 0.700. The van der Waals surface area contributed by atoms with Gasteiger partial charge in [-0.05, 0) is 35.7 Å². The normalized spacial score (nSPS) is 11.0. The molecule has 1 aromatic carbocycles. The lowest BCUT2D eigenvalue weighted by Gasteiger charge is -2.09. The van der Waals surface area contributed by atoms with Crippen LogP contribution in [0.2, 0.25) is 0 Å². The van der Waals surface area contributed by atoms with Crippen molar-refractivity contribution in [1.29, 1.82) is 0 Å². The largest absolute Gasteiger partial charge is 0.497 e. The highest BCUT2D eigenvalue weighted by Gasteiger charge is 2.15. The van der Waals surface area contributed by atoms with E-state index in [0.717, 1.165) is 28.5 Å². The first kappa shape index (κ1) is 16.3. The lowest BCUT2D eigenvalue weighted by molar-refractivity contribution is 0.415. The molecule has 3 rings (SSSR count). The van der Waals surface area contributed by atoms with Crippen LogP contribution in [-0.4, -0.2) is 20.5 Å². The molecule has 2 heterocycles. The maximum Gasteiger partial charge on any atom is 0.272 e. The van der Waals surface area contributed by atoms with Gasteiger partial charge in [0.15, 0.2) is 0 Å². The molecule has 0 bridgehead atoms. The molecular formula is C16H15N3O3S2. The van der Waals surface area contributed by atoms with Gasteiger partial charge in [-0.2, -0.15) is 0 Å². The molecule has 2 aromatic heterocycles. The van der Waals surface area contributed by atoms with Crippen LogP contribution in [0.3, 0.4) is 0 Å². The van der Waals surface area contributed by atoms with Crippen molar-refractivity contribution in [3.05, 3.63) is 60.1 Å². The minimum absolute atomic E-state index is 0.253. The number of thiophene rings is 1. The highest BCUT2D eigenvalue weighted by Crippen LogP contribution is 2.23. The topological polar surface area (TPSA) is 80.3 Å². The Hall–Kier alpha value is -2.58. The maximum absolute atomic E-state index is 12.1. The van der Waals surface area contributed by atoms with E-state index in [2.05, 4.69) is 15.0 Å². The van der Waals surface area contributed by atoms with Crippen LogP contribution >= 0.6 is 11.3 Å². The van der Waals surface area contributed by atoms with E-state index in [1.54, 1.807) is 43.0 Å². The molecule has 0 atom stereocenters. The van der Waals surface area contributed by atoms with Crippen LogP contribution in [0.4, 0.5) is 17.2 Å². The molecule has 0 unspecified atom stereocenters. The summed E-state index contributed by atoms with van der Waals surface area (Å²) in [5, 5.41) is 4.89. The molecule has 0 aliphatic heterocycles. The molecule has 2 N–H and O–H groups in total. The molecule has 3 aromatic rings. The zero-order valence-electron chi connectivity index (χ0n) is 12.8. The molecule has 0 radical (unpaired) electrons. The van der Waals surface area contributed by atoms with Gasteiger partial charge in [0, 0.05) is 11.8 Å². The second kappa shape index (κ2) is 6.90. The molecule has 0 saturated carbocycles. The zero-order chi connectivity index (χ0) is 17.0. The number of anilines is 3. The van der Waals surface area contributed by atoms with Gasteiger partial charge in [0.05, 0.1) is 19.0 Å². The van der Waals surface area contributed by atoms with Crippen molar-refractivity contribution < 1.29 is 13.2 Å². The summed E-state index contributed by atoms with van der Waals surface area (Å²) in [6.07, 6.45) is 1.56. The van der Waals surface area contributed by atoms with E-state index in [1.165, 1.54) is 0 Å². The number of pyridine rings is 1. The number of hydrogen-bond donors (Lipinski definition) is 2. The Labute approximate surface area is 144 Å². The van der Waals surface area contributed by atoms with E-state index in [4.69, 9.17) is 4.74 Å². The van der Waals surface area contributed by atoms with Gasteiger partial charge in [-0.1, -0.05) is 12.1 Å². The van der Waals surface area contributed by atoms with Gasteiger partial charge in [-0.3, -0.25) is 4.72 Å². The fourth-order valence-electron chi connectivity index (χ4n) is 2.00. The molecule has 0 aliphatic rings. The molecule has 0 fully saturated rings. The van der Waals surface area contributed by atoms with Gasteiger partial charge < -0.3 is 10.1 Å². The highest BCUT2D eigenvalue weighted by atomic mass is 32.2. The van der Waals surface area contributed by atoms with Crippen LogP contribution in [0.15, 0.2) is 64.3 Å². The van der Waals surface area contributed by atoms with Gasteiger partial charge in [0.25, 0.3) is 10.0 Å². The molecule has 0 aliphatic carbocycles. The first-order valence-corrected chi connectivity index (χ1v) is 9.36. The van der Waals surface area contributed by atoms with Crippen LogP contribution < -0.4 is 14.8 Å². The van der Waals surface area contributed by atoms with E-state index in [1.807, 2.05) is 24.3 Å². The number of ether oxygens (including phenoxy) is 1. The summed E-state index contributed by atoms with van der Waals surface area (Å²) in [4.78, 5) is 4.13. The van der Waals surface area contributed by atoms with Crippen molar-refractivity contribution in [1.82, 2.24) is 4.98 Å². The number of sulfonamides is 1. The second-order valence-electron chi connectivity index (χ2n) is 4.83. The molecular weight excluding hydrogens is 346 g/mol. The van der Waals surface area contributed by atoms with Crippen molar-refractivity contribution in [2.45, 2.75) is 4.21 Å². The summed E-state index contributed by atoms with van der Waals surface area (Å²) in [6.45, 7) is 0. The summed E-state index contributed by atoms with van der Waals surface area (Å²) >= 11 is 1.16. The van der Waals surface area contributed by atoms with Crippen molar-refractivity contribution in [2.24, 2.45) is 0 Å². The monoisotopic (exact) mass is 361 g/mol. The van der Waals surface area contributed by atoms with Crippen LogP contribution in [0.5, 0.6) is 5.75 Å². The minimum Gasteiger partial charge on any atom is -0.497 e. The van der Waals surface area contributed by atoms with Crippen LogP contribution in [0.25, 0.3) is 0 Å². The number of benzene rings is 1. The number of aromatic nitrogens is 1. The van der Waals surface area contributed by atoms with E-state index < -0.39 is 10.0 Å². The Morgan fingerprint density at radius 1 is 1.08 bits per heavy atom. The fraction of sp³-hybridized carbons (Fsp3) is 0.0625. The van der Waals surface area contributed by atoms with Crippen LogP contribution in [0.1, 0.15) is 0 Å². The fourth-order valence-corrected chi connectivity index (χ4v) is 4.00. The van der Waals surface area contributed by atoms with E-state index in [0.29, 0.717) is 0 Å². The zero-order valence-corrected chi connectivity index (χ0v) is 14.4. The van der Waals surface area contributed by atoms with Crippen molar-refractivity contribution in [2.75, 3.05) is 17.1 Å². The van der Waals surface area contributed by atoms with Crippen LogP contribution in [-0.2, 0) is 10.0 Å². The highest BCUT2D eigenvalue weighted by molar-refractivity contribution is 7.94. The Kier molecular flexibility index (Phi) is 4.68. The Bertz CT molecular complexity index is 908. The number of nitrogens with zero attached hydrogens (tertiary/aromatic N) is 1.